The summed E-state index contributed by atoms with van der Waals surface area (Å²) in [6.45, 7) is 4.31. The van der Waals surface area contributed by atoms with Crippen molar-refractivity contribution in [2.75, 3.05) is 43.0 Å². The van der Waals surface area contributed by atoms with Crippen LogP contribution in [-0.4, -0.2) is 52.6 Å². The summed E-state index contributed by atoms with van der Waals surface area (Å²) in [4.78, 5) is 7.01. The molecule has 0 saturated carbocycles. The van der Waals surface area contributed by atoms with E-state index in [0.29, 0.717) is 10.7 Å². The van der Waals surface area contributed by atoms with E-state index in [1.54, 1.807) is 6.20 Å². The highest BCUT2D eigenvalue weighted by atomic mass is 32.2. The van der Waals surface area contributed by atoms with Crippen LogP contribution in [0.1, 0.15) is 5.69 Å². The number of nitrogens with one attached hydrogen (secondary N) is 1. The second kappa shape index (κ2) is 6.92. The summed E-state index contributed by atoms with van der Waals surface area (Å²) < 4.78 is 0. The first-order valence-corrected chi connectivity index (χ1v) is 7.62. The van der Waals surface area contributed by atoms with Crippen LogP contribution >= 0.6 is 24.0 Å². The molecule has 0 atom stereocenters. The maximum absolute atomic E-state index is 5.64. The third kappa shape index (κ3) is 3.83. The molecule has 2 heterocycles. The zero-order valence-electron chi connectivity index (χ0n) is 10.3. The topological polar surface area (TPSA) is 54.2 Å². The van der Waals surface area contributed by atoms with Gasteiger partial charge in [0.1, 0.15) is 10.7 Å². The average Bonchev–Trinajstić information content (AvgIpc) is 2.40. The minimum absolute atomic E-state index is 0.340. The summed E-state index contributed by atoms with van der Waals surface area (Å²) in [6.07, 6.45) is 1.71. The van der Waals surface area contributed by atoms with Gasteiger partial charge in [0, 0.05) is 43.9 Å². The number of pyridine rings is 1. The molecule has 1 saturated heterocycles. The molecule has 2 rings (SSSR count). The SMILES string of the molecule is NC(=S)c1ncccc1NCCN1CCSCC1. The van der Waals surface area contributed by atoms with E-state index in [-0.39, 0.29) is 0 Å². The Bertz CT molecular complexity index is 405. The van der Waals surface area contributed by atoms with Crippen LogP contribution in [0.15, 0.2) is 18.3 Å². The second-order valence-electron chi connectivity index (χ2n) is 4.14. The predicted octanol–water partition coefficient (Wildman–Crippen LogP) is 1.18. The van der Waals surface area contributed by atoms with Gasteiger partial charge in [-0.15, -0.1) is 0 Å². The second-order valence-corrected chi connectivity index (χ2v) is 5.81. The van der Waals surface area contributed by atoms with Crippen molar-refractivity contribution in [2.24, 2.45) is 5.73 Å². The van der Waals surface area contributed by atoms with Crippen LogP contribution in [0.3, 0.4) is 0 Å². The van der Waals surface area contributed by atoms with Crippen LogP contribution in [0.4, 0.5) is 5.69 Å². The van der Waals surface area contributed by atoms with Gasteiger partial charge >= 0.3 is 0 Å². The molecule has 0 radical (unpaired) electrons. The van der Waals surface area contributed by atoms with E-state index in [9.17, 15) is 0 Å². The Kier molecular flexibility index (Phi) is 5.22. The van der Waals surface area contributed by atoms with Gasteiger partial charge in [0.2, 0.25) is 0 Å². The number of nitrogens with zero attached hydrogens (tertiary/aromatic N) is 2. The van der Waals surface area contributed by atoms with E-state index in [2.05, 4.69) is 15.2 Å². The van der Waals surface area contributed by atoms with Gasteiger partial charge in [0.05, 0.1) is 5.69 Å². The van der Waals surface area contributed by atoms with E-state index >= 15 is 0 Å². The summed E-state index contributed by atoms with van der Waals surface area (Å²) in [5.74, 6) is 2.48. The molecule has 4 nitrogen and oxygen atoms in total. The first-order chi connectivity index (χ1) is 8.77. The number of hydrogen-bond donors (Lipinski definition) is 2. The number of thioether (sulfide) groups is 1. The molecule has 1 fully saturated rings. The molecular formula is C12H18N4S2. The molecular weight excluding hydrogens is 264 g/mol. The highest BCUT2D eigenvalue weighted by Gasteiger charge is 2.10. The van der Waals surface area contributed by atoms with Gasteiger partial charge in [-0.25, -0.2) is 0 Å². The number of aromatic nitrogens is 1. The molecule has 3 N–H and O–H groups in total. The van der Waals surface area contributed by atoms with E-state index in [1.165, 1.54) is 24.6 Å². The number of nitrogens with two attached hydrogens (primary N) is 1. The van der Waals surface area contributed by atoms with Crippen LogP contribution in [0, 0.1) is 0 Å². The minimum Gasteiger partial charge on any atom is -0.388 e. The van der Waals surface area contributed by atoms with Gasteiger partial charge in [-0.1, -0.05) is 12.2 Å². The molecule has 1 aliphatic rings. The number of rotatable bonds is 5. The fourth-order valence-electron chi connectivity index (χ4n) is 1.92. The quantitative estimate of drug-likeness (QED) is 0.791. The normalized spacial score (nSPS) is 16.4. The first kappa shape index (κ1) is 13.6. The fourth-order valence-corrected chi connectivity index (χ4v) is 3.06. The molecule has 1 aliphatic heterocycles. The standard InChI is InChI=1S/C12H18N4S2/c13-12(17)11-10(2-1-3-15-11)14-4-5-16-6-8-18-9-7-16/h1-3,14H,4-9H2,(H2,13,17). The molecule has 6 heteroatoms. The van der Waals surface area contributed by atoms with Gasteiger partial charge in [-0.3, -0.25) is 9.88 Å². The van der Waals surface area contributed by atoms with Gasteiger partial charge in [-0.05, 0) is 12.1 Å². The van der Waals surface area contributed by atoms with E-state index in [1.807, 2.05) is 23.9 Å². The van der Waals surface area contributed by atoms with Crippen LogP contribution in [-0.2, 0) is 0 Å². The average molecular weight is 282 g/mol. The lowest BCUT2D eigenvalue weighted by Crippen LogP contribution is -2.36. The van der Waals surface area contributed by atoms with Crippen LogP contribution in [0.25, 0.3) is 0 Å². The lowest BCUT2D eigenvalue weighted by Gasteiger charge is -2.26. The summed E-state index contributed by atoms with van der Waals surface area (Å²) in [5, 5.41) is 3.36. The van der Waals surface area contributed by atoms with Crippen molar-refractivity contribution < 1.29 is 0 Å². The van der Waals surface area contributed by atoms with Crippen LogP contribution in [0.5, 0.6) is 0 Å². The Hall–Kier alpha value is -0.850. The molecule has 0 amide bonds. The number of hydrogen-bond acceptors (Lipinski definition) is 5. The summed E-state index contributed by atoms with van der Waals surface area (Å²) in [7, 11) is 0. The Balaban J connectivity index is 1.84. The monoisotopic (exact) mass is 282 g/mol. The van der Waals surface area contributed by atoms with Gasteiger partial charge in [0.25, 0.3) is 0 Å². The summed E-state index contributed by atoms with van der Waals surface area (Å²) in [6, 6.07) is 3.86. The Morgan fingerprint density at radius 2 is 2.28 bits per heavy atom. The molecule has 98 valence electrons. The summed E-state index contributed by atoms with van der Waals surface area (Å²) >= 11 is 7.02. The van der Waals surface area contributed by atoms with Crippen molar-refractivity contribution in [3.63, 3.8) is 0 Å². The molecule has 0 aromatic carbocycles. The van der Waals surface area contributed by atoms with Crippen molar-refractivity contribution in [3.05, 3.63) is 24.0 Å². The smallest absolute Gasteiger partial charge is 0.124 e. The van der Waals surface area contributed by atoms with Crippen LogP contribution < -0.4 is 11.1 Å². The molecule has 1 aromatic heterocycles. The van der Waals surface area contributed by atoms with Crippen molar-refractivity contribution in [3.8, 4) is 0 Å². The van der Waals surface area contributed by atoms with Gasteiger partial charge in [0.15, 0.2) is 0 Å². The third-order valence-electron chi connectivity index (χ3n) is 2.89. The predicted molar refractivity (Wildman–Crippen MR) is 82.4 cm³/mol. The zero-order chi connectivity index (χ0) is 12.8. The van der Waals surface area contributed by atoms with Crippen molar-refractivity contribution in [1.29, 1.82) is 0 Å². The lowest BCUT2D eigenvalue weighted by molar-refractivity contribution is 0.314. The zero-order valence-corrected chi connectivity index (χ0v) is 11.9. The first-order valence-electron chi connectivity index (χ1n) is 6.06. The van der Waals surface area contributed by atoms with Gasteiger partial charge < -0.3 is 11.1 Å². The van der Waals surface area contributed by atoms with Crippen molar-refractivity contribution in [2.45, 2.75) is 0 Å². The molecule has 0 spiro atoms. The van der Waals surface area contributed by atoms with Crippen LogP contribution in [0.2, 0.25) is 0 Å². The Morgan fingerprint density at radius 3 is 3.00 bits per heavy atom. The molecule has 0 bridgehead atoms. The number of anilines is 1. The third-order valence-corrected chi connectivity index (χ3v) is 4.02. The highest BCUT2D eigenvalue weighted by molar-refractivity contribution is 7.99. The van der Waals surface area contributed by atoms with Crippen molar-refractivity contribution in [1.82, 2.24) is 9.88 Å². The van der Waals surface area contributed by atoms with E-state index in [4.69, 9.17) is 18.0 Å². The molecule has 1 aromatic rings. The largest absolute Gasteiger partial charge is 0.388 e. The fraction of sp³-hybridized carbons (Fsp3) is 0.500. The summed E-state index contributed by atoms with van der Waals surface area (Å²) in [5.41, 5.74) is 7.25. The number of thiocarbonyl (C=S) groups is 1. The van der Waals surface area contributed by atoms with E-state index < -0.39 is 0 Å². The Morgan fingerprint density at radius 1 is 1.50 bits per heavy atom. The molecule has 0 aliphatic carbocycles. The Labute approximate surface area is 117 Å². The maximum atomic E-state index is 5.64. The molecule has 0 unspecified atom stereocenters. The molecule has 18 heavy (non-hydrogen) atoms. The van der Waals surface area contributed by atoms with Crippen molar-refractivity contribution >= 4 is 34.7 Å². The maximum Gasteiger partial charge on any atom is 0.124 e. The minimum atomic E-state index is 0.340. The highest BCUT2D eigenvalue weighted by Crippen LogP contribution is 2.12. The van der Waals surface area contributed by atoms with Gasteiger partial charge in [-0.2, -0.15) is 11.8 Å². The van der Waals surface area contributed by atoms with E-state index in [0.717, 1.165) is 18.8 Å². The lowest BCUT2D eigenvalue weighted by atomic mass is 10.3.